The fourth-order valence-electron chi connectivity index (χ4n) is 23.4. The number of β-amino-alcohol motifs (C(OH)–C–C–N with tert-alkyl or cyclic N) is 1. The third kappa shape index (κ3) is 7.22. The zero-order chi connectivity index (χ0) is 53.2. The molecule has 1 spiro atoms. The van der Waals surface area contributed by atoms with Gasteiger partial charge >= 0.3 is 0 Å². The molecule has 10 heteroatoms. The van der Waals surface area contributed by atoms with Gasteiger partial charge in [0.25, 0.3) is 0 Å². The summed E-state index contributed by atoms with van der Waals surface area (Å²) in [5.41, 5.74) is 7.72. The number of nitrogens with one attached hydrogen (secondary N) is 2. The number of ketones is 2. The van der Waals surface area contributed by atoms with Crippen LogP contribution in [0.25, 0.3) is 0 Å². The number of carbonyl (C=O) groups excluding carboxylic acids is 2. The first-order chi connectivity index (χ1) is 36.2. The Morgan fingerprint density at radius 2 is 1.62 bits per heavy atom. The van der Waals surface area contributed by atoms with Gasteiger partial charge in [-0.1, -0.05) is 83.1 Å². The summed E-state index contributed by atoms with van der Waals surface area (Å²) in [4.78, 5) is 32.6. The van der Waals surface area contributed by atoms with Crippen LogP contribution in [0.3, 0.4) is 0 Å². The third-order valence-electron chi connectivity index (χ3n) is 25.8. The van der Waals surface area contributed by atoms with Gasteiger partial charge in [0.1, 0.15) is 17.6 Å². The van der Waals surface area contributed by atoms with Crippen LogP contribution in [-0.4, -0.2) is 81.1 Å². The number of phenolic OH excluding ortho intramolecular Hbond substituents is 1. The molecule has 2 aliphatic heterocycles. The highest BCUT2D eigenvalue weighted by Gasteiger charge is 2.81. The molecule has 2 aromatic carbocycles. The van der Waals surface area contributed by atoms with Crippen LogP contribution in [0, 0.1) is 74.9 Å². The normalized spacial score (nSPS) is 48.9. The highest BCUT2D eigenvalue weighted by Crippen LogP contribution is 2.82. The molecule has 8 N–H and O–H groups in total. The standard InChI is InChI=1S/C66H93N3O7/c1-59(75)24-7-8-25-60(2)57-61(3)35-64(58(60)74,43-28-38(33-68-6)29-45(71)31-43)26-27-65(57,69-37-59)36-66-42(34-70)20-18-39-12-9-13-40-19-21-47(53(52(39)40)54-49(22-23-51(61)66)62(66,4)32-50(54)72)55(73)56-63(5,76-56)48-17-11-16-46(48)41-14-10-15-44(67)30-41/h10,14-15,28-31,39-40,42,46-48,51-53,55-57,68-71,73,75H,7-9,11-13,16-27,32-37,67H2,1-6H3/t39-,40-,42-,46+,47+,48-,51-,52+,53+,55-,56-,57+,59-,60-,61+,62+,63-,64+,65+,66-/m1/s1. The van der Waals surface area contributed by atoms with E-state index in [4.69, 9.17) is 10.5 Å². The summed E-state index contributed by atoms with van der Waals surface area (Å²) < 4.78 is 6.95. The summed E-state index contributed by atoms with van der Waals surface area (Å²) in [6.07, 6.45) is 17.6. The molecule has 0 aromatic heterocycles. The number of anilines is 1. The number of aliphatic hydroxyl groups is 3. The number of rotatable bonds is 8. The summed E-state index contributed by atoms with van der Waals surface area (Å²) in [5.74, 6) is 2.49. The van der Waals surface area contributed by atoms with Crippen LogP contribution in [0.5, 0.6) is 5.75 Å². The van der Waals surface area contributed by atoms with E-state index in [1.54, 1.807) is 0 Å². The number of hydrogen-bond acceptors (Lipinski definition) is 10. The van der Waals surface area contributed by atoms with E-state index in [0.717, 1.165) is 119 Å². The second-order valence-corrected chi connectivity index (χ2v) is 29.5. The van der Waals surface area contributed by atoms with Crippen LogP contribution in [0.15, 0.2) is 53.6 Å². The van der Waals surface area contributed by atoms with Gasteiger partial charge in [0, 0.05) is 48.2 Å². The van der Waals surface area contributed by atoms with Gasteiger partial charge in [0.05, 0.1) is 22.7 Å². The lowest BCUT2D eigenvalue weighted by Crippen LogP contribution is -2.77. The molecule has 8 saturated carbocycles. The molecule has 9 bridgehead atoms. The molecule has 76 heavy (non-hydrogen) atoms. The SMILES string of the molecule is CNCc1cc(O)cc([C@]23CC[C@]45C[C@@]67[C@@H](CO)CC[C@H]8CCC[C@@H]9CC[C@H]([C@@H](O)[C@H]%10O[C@]%10(C)[C@@H]%10CCC[C@H]%10c%10cccc(N)c%10)[C@H](C%10=C(CC[C@@H]6[C@](C)(C2)[C@@H]4[C@@](C)(CCCC[C@@](C)(O)CN5)C3=O)[C@]7(C)CC%10=O)[C@H]98)c1. The van der Waals surface area contributed by atoms with Gasteiger partial charge in [0.2, 0.25) is 0 Å². The van der Waals surface area contributed by atoms with Gasteiger partial charge in [0.15, 0.2) is 5.78 Å². The Balaban J connectivity index is 0.971. The molecule has 10 fully saturated rings. The van der Waals surface area contributed by atoms with Crippen LogP contribution < -0.4 is 16.4 Å². The number of carbonyl (C=O) groups is 2. The molecule has 12 aliphatic rings. The van der Waals surface area contributed by atoms with Crippen molar-refractivity contribution in [2.24, 2.45) is 74.9 Å². The second kappa shape index (κ2) is 17.9. The fourth-order valence-corrected chi connectivity index (χ4v) is 23.4. The maximum absolute atomic E-state index is 16.4. The molecule has 0 radical (unpaired) electrons. The van der Waals surface area contributed by atoms with E-state index in [-0.39, 0.29) is 59.8 Å². The zero-order valence-corrected chi connectivity index (χ0v) is 47.0. The van der Waals surface area contributed by atoms with Gasteiger partial charge < -0.3 is 41.5 Å². The van der Waals surface area contributed by atoms with Gasteiger partial charge in [-0.2, -0.15) is 0 Å². The van der Waals surface area contributed by atoms with Crippen LogP contribution in [0.1, 0.15) is 192 Å². The van der Waals surface area contributed by atoms with Crippen LogP contribution in [0.2, 0.25) is 0 Å². The summed E-state index contributed by atoms with van der Waals surface area (Å²) in [6, 6.07) is 14.3. The van der Waals surface area contributed by atoms with E-state index >= 15 is 9.59 Å². The highest BCUT2D eigenvalue weighted by molar-refractivity contribution is 6.01. The van der Waals surface area contributed by atoms with Gasteiger partial charge in [-0.15, -0.1) is 0 Å². The number of aliphatic hydroxyl groups excluding tert-OH is 2. The van der Waals surface area contributed by atoms with Crippen molar-refractivity contribution in [3.8, 4) is 5.75 Å². The number of aromatic hydroxyl groups is 1. The lowest BCUT2D eigenvalue weighted by atomic mass is 9.29. The van der Waals surface area contributed by atoms with Crippen molar-refractivity contribution in [3.05, 3.63) is 70.3 Å². The fraction of sp³-hybridized carbons (Fsp3) is 0.758. The van der Waals surface area contributed by atoms with Crippen LogP contribution in [-0.2, 0) is 26.3 Å². The maximum atomic E-state index is 16.4. The average Bonchev–Trinajstić information content (AvgIpc) is 3.91. The summed E-state index contributed by atoms with van der Waals surface area (Å²) in [6.45, 7) is 12.7. The zero-order valence-electron chi connectivity index (χ0n) is 47.0. The van der Waals surface area contributed by atoms with Crippen molar-refractivity contribution in [1.29, 1.82) is 0 Å². The number of Topliss-reactive ketones (excluding diaryl/α,β-unsaturated/α-hetero) is 2. The van der Waals surface area contributed by atoms with E-state index in [0.29, 0.717) is 68.2 Å². The molecule has 10 nitrogen and oxygen atoms in total. The number of epoxide rings is 1. The smallest absolute Gasteiger partial charge is 0.160 e. The minimum Gasteiger partial charge on any atom is -0.508 e. The first-order valence-corrected chi connectivity index (χ1v) is 30.8. The van der Waals surface area contributed by atoms with E-state index in [2.05, 4.69) is 62.6 Å². The van der Waals surface area contributed by atoms with Crippen molar-refractivity contribution < 1.29 is 34.8 Å². The molecule has 20 atom stereocenters. The van der Waals surface area contributed by atoms with Crippen LogP contribution in [0.4, 0.5) is 5.69 Å². The molecule has 14 rings (SSSR count). The summed E-state index contributed by atoms with van der Waals surface area (Å²) in [7, 11) is 1.93. The number of ether oxygens (including phenoxy) is 1. The van der Waals surface area contributed by atoms with Gasteiger partial charge in [-0.3, -0.25) is 9.59 Å². The first kappa shape index (κ1) is 52.3. The maximum Gasteiger partial charge on any atom is 0.160 e. The number of allylic oxidation sites excluding steroid dienone is 2. The van der Waals surface area contributed by atoms with Crippen molar-refractivity contribution in [2.75, 3.05) is 25.9 Å². The Bertz CT molecular complexity index is 2700. The first-order valence-electron chi connectivity index (χ1n) is 30.8. The predicted molar refractivity (Wildman–Crippen MR) is 296 cm³/mol. The largest absolute Gasteiger partial charge is 0.508 e. The number of fused-ring (bicyclic) bond motifs is 2. The minimum atomic E-state index is -0.948. The number of phenols is 1. The number of nitrogen functional groups attached to an aromatic ring is 1. The monoisotopic (exact) mass is 1040 g/mol. The molecule has 0 unspecified atom stereocenters. The molecule has 2 heterocycles. The molecule has 414 valence electrons. The minimum absolute atomic E-state index is 0.0383. The van der Waals surface area contributed by atoms with Gasteiger partial charge in [-0.05, 0) is 227 Å². The predicted octanol–water partition coefficient (Wildman–Crippen LogP) is 10.6. The average molecular weight is 1040 g/mol. The van der Waals surface area contributed by atoms with Crippen molar-refractivity contribution in [1.82, 2.24) is 10.6 Å². The lowest BCUT2D eigenvalue weighted by Gasteiger charge is -2.75. The van der Waals surface area contributed by atoms with E-state index in [1.165, 1.54) is 24.0 Å². The highest BCUT2D eigenvalue weighted by atomic mass is 16.6. The molecule has 10 aliphatic carbocycles. The van der Waals surface area contributed by atoms with E-state index < -0.39 is 49.9 Å². The summed E-state index contributed by atoms with van der Waals surface area (Å²) >= 11 is 0. The third-order valence-corrected chi connectivity index (χ3v) is 25.8. The molecular formula is C66H93N3O7. The van der Waals surface area contributed by atoms with Crippen molar-refractivity contribution in [2.45, 2.75) is 216 Å². The van der Waals surface area contributed by atoms with Crippen molar-refractivity contribution in [3.63, 3.8) is 0 Å². The van der Waals surface area contributed by atoms with Crippen molar-refractivity contribution >= 4 is 17.3 Å². The van der Waals surface area contributed by atoms with Gasteiger partial charge in [-0.25, -0.2) is 0 Å². The second-order valence-electron chi connectivity index (χ2n) is 29.5. The Morgan fingerprint density at radius 3 is 2.38 bits per heavy atom. The molecule has 0 amide bonds. The number of benzene rings is 2. The Morgan fingerprint density at radius 1 is 0.855 bits per heavy atom. The topological polar surface area (TPSA) is 178 Å². The molecular weight excluding hydrogens is 947 g/mol. The summed E-state index contributed by atoms with van der Waals surface area (Å²) in [5, 5.41) is 57.2. The van der Waals surface area contributed by atoms with Crippen LogP contribution >= 0.6 is 0 Å². The van der Waals surface area contributed by atoms with E-state index in [1.807, 2.05) is 32.2 Å². The Labute approximate surface area is 453 Å². The molecule has 2 aromatic rings. The Hall–Kier alpha value is -3.12. The van der Waals surface area contributed by atoms with E-state index in [9.17, 15) is 20.4 Å². The lowest BCUT2D eigenvalue weighted by molar-refractivity contribution is -0.244. The number of nitrogens with two attached hydrogens (primary N) is 1. The molecule has 2 saturated heterocycles. The Kier molecular flexibility index (Phi) is 12.3. The quantitative estimate of drug-likeness (QED) is 0.0995. The number of hydrogen-bond donors (Lipinski definition) is 7.